The average Bonchev–Trinajstić information content (AvgIpc) is 2.99. The Morgan fingerprint density at radius 3 is 2.64 bits per heavy atom. The maximum atomic E-state index is 11.4. The summed E-state index contributed by atoms with van der Waals surface area (Å²) < 4.78 is 16.1. The van der Waals surface area contributed by atoms with Crippen molar-refractivity contribution in [2.45, 2.75) is 12.7 Å². The minimum absolute atomic E-state index is 0.132. The Morgan fingerprint density at radius 1 is 1.24 bits per heavy atom. The Hall–Kier alpha value is -2.79. The number of benzene rings is 2. The van der Waals surface area contributed by atoms with Crippen LogP contribution in [0, 0.1) is 5.92 Å². The molecule has 0 aromatic heterocycles. The smallest absolute Gasteiger partial charge is 0.333 e. The van der Waals surface area contributed by atoms with Crippen LogP contribution in [0.5, 0.6) is 11.5 Å². The van der Waals surface area contributed by atoms with E-state index in [1.807, 2.05) is 30.3 Å². The molecule has 0 bridgehead atoms. The lowest BCUT2D eigenvalue weighted by Gasteiger charge is -2.19. The maximum Gasteiger partial charge on any atom is 0.333 e. The number of cyclic esters (lactones) is 1. The number of rotatable bonds is 6. The predicted molar refractivity (Wildman–Crippen MR) is 92.3 cm³/mol. The molecule has 0 radical (unpaired) electrons. The molecule has 0 saturated carbocycles. The first-order valence-corrected chi connectivity index (χ1v) is 7.99. The van der Waals surface area contributed by atoms with Crippen molar-refractivity contribution in [3.63, 3.8) is 0 Å². The van der Waals surface area contributed by atoms with Gasteiger partial charge in [0.15, 0.2) is 11.5 Å². The van der Waals surface area contributed by atoms with Crippen LogP contribution in [0.25, 0.3) is 0 Å². The molecular weight excluding hydrogens is 320 g/mol. The lowest BCUT2D eigenvalue weighted by molar-refractivity contribution is -0.135. The molecule has 1 heterocycles. The van der Waals surface area contributed by atoms with Crippen molar-refractivity contribution in [2.24, 2.45) is 5.92 Å². The molecule has 0 unspecified atom stereocenters. The Labute approximate surface area is 146 Å². The molecule has 0 amide bonds. The van der Waals surface area contributed by atoms with Crippen LogP contribution in [0.2, 0.25) is 0 Å². The number of hydrogen-bond donors (Lipinski definition) is 1. The Morgan fingerprint density at radius 2 is 2.00 bits per heavy atom. The highest BCUT2D eigenvalue weighted by Crippen LogP contribution is 2.36. The number of methoxy groups -OCH3 is 1. The molecule has 2 aromatic rings. The van der Waals surface area contributed by atoms with Crippen molar-refractivity contribution in [1.82, 2.24) is 0 Å². The Bertz CT molecular complexity index is 769. The van der Waals surface area contributed by atoms with Gasteiger partial charge in [-0.1, -0.05) is 43.0 Å². The second kappa shape index (κ2) is 7.40. The molecular formula is C20H20O5. The molecule has 0 spiro atoms. The monoisotopic (exact) mass is 340 g/mol. The molecule has 3 rings (SSSR count). The second-order valence-corrected chi connectivity index (χ2v) is 5.86. The van der Waals surface area contributed by atoms with Crippen LogP contribution in [0.4, 0.5) is 0 Å². The first-order chi connectivity index (χ1) is 12.1. The number of carbonyl (C=O) groups excluding carboxylic acids is 1. The topological polar surface area (TPSA) is 65.0 Å². The summed E-state index contributed by atoms with van der Waals surface area (Å²) in [6.07, 6.45) is -0.893. The highest BCUT2D eigenvalue weighted by atomic mass is 16.5. The number of aliphatic hydroxyl groups is 1. The summed E-state index contributed by atoms with van der Waals surface area (Å²) in [5, 5.41) is 10.5. The standard InChI is InChI=1S/C20H20O5/c1-13-16(12-25-20(13)22)19(21)15-8-9-17(18(10-15)23-2)24-11-14-6-4-3-5-7-14/h3-10,16,19,21H,1,11-12H2,2H3/t16-,19+/m1/s1. The van der Waals surface area contributed by atoms with Crippen LogP contribution in [0.3, 0.4) is 0 Å². The zero-order valence-electron chi connectivity index (χ0n) is 14.0. The SMILES string of the molecule is C=C1C(=O)OC[C@H]1[C@@H](O)c1ccc(OCc2ccccc2)c(OC)c1. The molecule has 1 aliphatic rings. The van der Waals surface area contributed by atoms with Crippen LogP contribution in [-0.2, 0) is 16.1 Å². The second-order valence-electron chi connectivity index (χ2n) is 5.86. The molecule has 1 fully saturated rings. The van der Waals surface area contributed by atoms with Gasteiger partial charge < -0.3 is 19.3 Å². The summed E-state index contributed by atoms with van der Waals surface area (Å²) in [6.45, 7) is 4.25. The molecule has 2 atom stereocenters. The van der Waals surface area contributed by atoms with E-state index in [4.69, 9.17) is 14.2 Å². The molecule has 1 aliphatic heterocycles. The van der Waals surface area contributed by atoms with E-state index in [-0.39, 0.29) is 12.2 Å². The largest absolute Gasteiger partial charge is 0.493 e. The third-order valence-corrected chi connectivity index (χ3v) is 4.25. The van der Waals surface area contributed by atoms with Crippen LogP contribution in [0.1, 0.15) is 17.2 Å². The third kappa shape index (κ3) is 3.67. The highest BCUT2D eigenvalue weighted by Gasteiger charge is 2.35. The van der Waals surface area contributed by atoms with Gasteiger partial charge in [-0.05, 0) is 23.3 Å². The number of carbonyl (C=O) groups is 1. The zero-order chi connectivity index (χ0) is 17.8. The molecule has 1 N–H and O–H groups in total. The third-order valence-electron chi connectivity index (χ3n) is 4.25. The van der Waals surface area contributed by atoms with E-state index in [9.17, 15) is 9.90 Å². The lowest BCUT2D eigenvalue weighted by atomic mass is 9.92. The van der Waals surface area contributed by atoms with E-state index in [1.165, 1.54) is 0 Å². The van der Waals surface area contributed by atoms with Gasteiger partial charge in [0.05, 0.1) is 19.1 Å². The Balaban J connectivity index is 1.75. The van der Waals surface area contributed by atoms with Gasteiger partial charge >= 0.3 is 5.97 Å². The van der Waals surface area contributed by atoms with Crippen molar-refractivity contribution in [2.75, 3.05) is 13.7 Å². The van der Waals surface area contributed by atoms with Crippen LogP contribution < -0.4 is 9.47 Å². The number of hydrogen-bond acceptors (Lipinski definition) is 5. The van der Waals surface area contributed by atoms with E-state index >= 15 is 0 Å². The summed E-state index contributed by atoms with van der Waals surface area (Å²) in [6, 6.07) is 15.0. The summed E-state index contributed by atoms with van der Waals surface area (Å²) in [7, 11) is 1.54. The lowest BCUT2D eigenvalue weighted by Crippen LogP contribution is -2.14. The fourth-order valence-electron chi connectivity index (χ4n) is 2.75. The van der Waals surface area contributed by atoms with E-state index < -0.39 is 18.0 Å². The fourth-order valence-corrected chi connectivity index (χ4v) is 2.75. The van der Waals surface area contributed by atoms with Crippen LogP contribution >= 0.6 is 0 Å². The number of aliphatic hydroxyl groups excluding tert-OH is 1. The summed E-state index contributed by atoms with van der Waals surface area (Å²) in [4.78, 5) is 11.4. The molecule has 130 valence electrons. The first kappa shape index (κ1) is 17.0. The van der Waals surface area contributed by atoms with Gasteiger partial charge in [-0.15, -0.1) is 0 Å². The Kier molecular flexibility index (Phi) is 5.05. The molecule has 1 saturated heterocycles. The normalized spacial score (nSPS) is 17.9. The molecule has 25 heavy (non-hydrogen) atoms. The first-order valence-electron chi connectivity index (χ1n) is 7.99. The van der Waals surface area contributed by atoms with Crippen molar-refractivity contribution in [3.8, 4) is 11.5 Å². The summed E-state index contributed by atoms with van der Waals surface area (Å²) >= 11 is 0. The fraction of sp³-hybridized carbons (Fsp3) is 0.250. The number of esters is 1. The van der Waals surface area contributed by atoms with Gasteiger partial charge in [-0.2, -0.15) is 0 Å². The van der Waals surface area contributed by atoms with Crippen LogP contribution in [-0.4, -0.2) is 24.8 Å². The minimum atomic E-state index is -0.893. The van der Waals surface area contributed by atoms with E-state index in [2.05, 4.69) is 6.58 Å². The quantitative estimate of drug-likeness (QED) is 0.647. The van der Waals surface area contributed by atoms with Gasteiger partial charge in [-0.25, -0.2) is 4.79 Å². The van der Waals surface area contributed by atoms with Crippen molar-refractivity contribution >= 4 is 5.97 Å². The van der Waals surface area contributed by atoms with Crippen LogP contribution in [0.15, 0.2) is 60.7 Å². The minimum Gasteiger partial charge on any atom is -0.493 e. The van der Waals surface area contributed by atoms with Gasteiger partial charge in [-0.3, -0.25) is 0 Å². The van der Waals surface area contributed by atoms with Gasteiger partial charge in [0.25, 0.3) is 0 Å². The van der Waals surface area contributed by atoms with E-state index in [0.717, 1.165) is 5.56 Å². The predicted octanol–water partition coefficient (Wildman–Crippen LogP) is 3.04. The van der Waals surface area contributed by atoms with Crippen molar-refractivity contribution < 1.29 is 24.1 Å². The number of ether oxygens (including phenoxy) is 3. The van der Waals surface area contributed by atoms with Gasteiger partial charge in [0.1, 0.15) is 13.2 Å². The van der Waals surface area contributed by atoms with E-state index in [1.54, 1.807) is 25.3 Å². The summed E-state index contributed by atoms with van der Waals surface area (Å²) in [5.74, 6) is 0.190. The van der Waals surface area contributed by atoms with E-state index in [0.29, 0.717) is 23.7 Å². The molecule has 5 heteroatoms. The average molecular weight is 340 g/mol. The van der Waals surface area contributed by atoms with Crippen molar-refractivity contribution in [3.05, 3.63) is 71.8 Å². The molecule has 5 nitrogen and oxygen atoms in total. The van der Waals surface area contributed by atoms with Gasteiger partial charge in [0.2, 0.25) is 0 Å². The highest BCUT2D eigenvalue weighted by molar-refractivity contribution is 5.90. The molecule has 2 aromatic carbocycles. The van der Waals surface area contributed by atoms with Gasteiger partial charge in [0, 0.05) is 5.57 Å². The molecule has 0 aliphatic carbocycles. The summed E-state index contributed by atoms with van der Waals surface area (Å²) in [5.41, 5.74) is 1.95. The van der Waals surface area contributed by atoms with Crippen molar-refractivity contribution in [1.29, 1.82) is 0 Å². The zero-order valence-corrected chi connectivity index (χ0v) is 14.0. The maximum absolute atomic E-state index is 11.4.